The molecule has 0 saturated carbocycles. The van der Waals surface area contributed by atoms with Crippen LogP contribution in [0.25, 0.3) is 0 Å². The molecule has 0 unspecified atom stereocenters. The van der Waals surface area contributed by atoms with Crippen molar-refractivity contribution in [3.63, 3.8) is 0 Å². The highest BCUT2D eigenvalue weighted by Gasteiger charge is 2.33. The molecule has 36 heavy (non-hydrogen) atoms. The number of piperazine rings is 1. The monoisotopic (exact) mass is 515 g/mol. The number of hydrogen-bond donors (Lipinski definition) is 0. The second-order valence-electron chi connectivity index (χ2n) is 9.28. The minimum Gasteiger partial charge on any atom is -0.368 e. The summed E-state index contributed by atoms with van der Waals surface area (Å²) in [6, 6.07) is 15.5. The van der Waals surface area contributed by atoms with Crippen LogP contribution < -0.4 is 9.80 Å². The molecule has 0 spiro atoms. The third-order valence-electron chi connectivity index (χ3n) is 6.91. The molecule has 3 heterocycles. The third kappa shape index (κ3) is 5.64. The Kier molecular flexibility index (Phi) is 7.13. The minimum absolute atomic E-state index is 0.0296. The maximum absolute atomic E-state index is 13.1. The number of aromatic nitrogens is 2. The molecule has 3 aromatic rings. The van der Waals surface area contributed by atoms with E-state index in [1.54, 1.807) is 6.07 Å². The zero-order valence-corrected chi connectivity index (χ0v) is 20.6. The van der Waals surface area contributed by atoms with E-state index >= 15 is 0 Å². The largest absolute Gasteiger partial charge is 0.416 e. The van der Waals surface area contributed by atoms with Gasteiger partial charge in [-0.2, -0.15) is 17.5 Å². The predicted octanol–water partition coefficient (Wildman–Crippen LogP) is 4.71. The maximum atomic E-state index is 13.1. The number of anilines is 2. The topological polar surface area (TPSA) is 52.6 Å². The van der Waals surface area contributed by atoms with Gasteiger partial charge < -0.3 is 14.7 Å². The number of benzene rings is 2. The summed E-state index contributed by atoms with van der Waals surface area (Å²) in [5, 5.41) is 0.904. The Morgan fingerprint density at radius 3 is 2.33 bits per heavy atom. The molecule has 5 rings (SSSR count). The first-order valence-corrected chi connectivity index (χ1v) is 13.0. The molecular formula is C26H28F3N5OS. The van der Waals surface area contributed by atoms with Crippen molar-refractivity contribution >= 4 is 28.3 Å². The van der Waals surface area contributed by atoms with E-state index in [2.05, 4.69) is 21.4 Å². The van der Waals surface area contributed by atoms with Crippen LogP contribution in [-0.2, 0) is 17.4 Å². The molecule has 0 radical (unpaired) electrons. The quantitative estimate of drug-likeness (QED) is 0.493. The van der Waals surface area contributed by atoms with Gasteiger partial charge in [0.05, 0.1) is 5.56 Å². The summed E-state index contributed by atoms with van der Waals surface area (Å²) in [7, 11) is 0. The highest BCUT2D eigenvalue weighted by molar-refractivity contribution is 7.09. The number of amides is 1. The van der Waals surface area contributed by atoms with Crippen LogP contribution in [0.15, 0.2) is 54.6 Å². The zero-order chi connectivity index (χ0) is 25.1. The number of alkyl halides is 3. The number of nitrogens with zero attached hydrogens (tertiary/aromatic N) is 5. The van der Waals surface area contributed by atoms with Gasteiger partial charge in [-0.3, -0.25) is 4.79 Å². The molecule has 2 fully saturated rings. The Bertz CT molecular complexity index is 1170. The lowest BCUT2D eigenvalue weighted by Gasteiger charge is -2.39. The lowest BCUT2D eigenvalue weighted by atomic mass is 9.95. The smallest absolute Gasteiger partial charge is 0.368 e. The molecule has 0 atom stereocenters. The molecule has 2 aromatic carbocycles. The van der Waals surface area contributed by atoms with Crippen LogP contribution in [0.5, 0.6) is 0 Å². The molecule has 0 bridgehead atoms. The summed E-state index contributed by atoms with van der Waals surface area (Å²) >= 11 is 1.41. The van der Waals surface area contributed by atoms with Crippen molar-refractivity contribution in [2.75, 3.05) is 49.1 Å². The van der Waals surface area contributed by atoms with Crippen molar-refractivity contribution in [1.29, 1.82) is 0 Å². The Morgan fingerprint density at radius 1 is 0.917 bits per heavy atom. The summed E-state index contributed by atoms with van der Waals surface area (Å²) in [5.41, 5.74) is 1.08. The Hall–Kier alpha value is -3.14. The van der Waals surface area contributed by atoms with Gasteiger partial charge in [0.25, 0.3) is 0 Å². The lowest BCUT2D eigenvalue weighted by molar-refractivity contribution is -0.137. The minimum atomic E-state index is -4.36. The number of halogens is 3. The summed E-state index contributed by atoms with van der Waals surface area (Å²) in [4.78, 5) is 23.9. The van der Waals surface area contributed by atoms with Crippen LogP contribution in [0.2, 0.25) is 0 Å². The first kappa shape index (κ1) is 24.5. The second-order valence-corrected chi connectivity index (χ2v) is 10.0. The van der Waals surface area contributed by atoms with Gasteiger partial charge in [0.1, 0.15) is 5.82 Å². The van der Waals surface area contributed by atoms with Gasteiger partial charge in [-0.1, -0.05) is 36.4 Å². The number of piperidine rings is 1. The molecule has 1 aromatic heterocycles. The van der Waals surface area contributed by atoms with Gasteiger partial charge in [-0.15, -0.1) is 0 Å². The van der Waals surface area contributed by atoms with Gasteiger partial charge in [0.2, 0.25) is 11.0 Å². The average Bonchev–Trinajstić information content (AvgIpc) is 3.37. The number of carbonyl (C=O) groups is 1. The van der Waals surface area contributed by atoms with Crippen molar-refractivity contribution < 1.29 is 18.0 Å². The Balaban J connectivity index is 1.11. The van der Waals surface area contributed by atoms with Crippen molar-refractivity contribution in [1.82, 2.24) is 14.3 Å². The van der Waals surface area contributed by atoms with E-state index in [1.165, 1.54) is 29.2 Å². The fraction of sp³-hybridized carbons (Fsp3) is 0.423. The van der Waals surface area contributed by atoms with E-state index in [-0.39, 0.29) is 11.8 Å². The second kappa shape index (κ2) is 10.5. The van der Waals surface area contributed by atoms with E-state index in [4.69, 9.17) is 4.98 Å². The van der Waals surface area contributed by atoms with E-state index < -0.39 is 11.7 Å². The van der Waals surface area contributed by atoms with E-state index in [0.29, 0.717) is 38.3 Å². The highest BCUT2D eigenvalue weighted by Crippen LogP contribution is 2.32. The SMILES string of the molecule is O=C(C1CCN(c2nc(Cc3ccccc3)ns2)CC1)N1CCN(c2cccc(C(F)(F)F)c2)CC1. The fourth-order valence-electron chi connectivity index (χ4n) is 4.86. The Morgan fingerprint density at radius 2 is 1.64 bits per heavy atom. The average molecular weight is 516 g/mol. The first-order valence-electron chi connectivity index (χ1n) is 12.2. The van der Waals surface area contributed by atoms with Gasteiger partial charge >= 0.3 is 6.18 Å². The van der Waals surface area contributed by atoms with E-state index in [9.17, 15) is 18.0 Å². The lowest BCUT2D eigenvalue weighted by Crippen LogP contribution is -2.51. The number of carbonyl (C=O) groups excluding carboxylic acids is 1. The summed E-state index contributed by atoms with van der Waals surface area (Å²) in [6.07, 6.45) is -2.12. The molecule has 1 amide bonds. The van der Waals surface area contributed by atoms with E-state index in [1.807, 2.05) is 28.0 Å². The van der Waals surface area contributed by atoms with Crippen LogP contribution in [0, 0.1) is 5.92 Å². The van der Waals surface area contributed by atoms with Crippen molar-refractivity contribution in [3.8, 4) is 0 Å². The number of hydrogen-bond acceptors (Lipinski definition) is 6. The van der Waals surface area contributed by atoms with Crippen molar-refractivity contribution in [3.05, 3.63) is 71.5 Å². The highest BCUT2D eigenvalue weighted by atomic mass is 32.1. The van der Waals surface area contributed by atoms with Gasteiger partial charge in [-0.25, -0.2) is 4.98 Å². The molecule has 10 heteroatoms. The molecule has 0 aliphatic carbocycles. The van der Waals surface area contributed by atoms with Crippen LogP contribution >= 0.6 is 11.5 Å². The summed E-state index contributed by atoms with van der Waals surface area (Å²) in [6.45, 7) is 3.63. The van der Waals surface area contributed by atoms with Crippen LogP contribution in [0.4, 0.5) is 24.0 Å². The molecule has 190 valence electrons. The fourth-order valence-corrected chi connectivity index (χ4v) is 5.60. The van der Waals surface area contributed by atoms with Gasteiger partial charge in [0, 0.05) is 68.8 Å². The van der Waals surface area contributed by atoms with Crippen LogP contribution in [0.3, 0.4) is 0 Å². The van der Waals surface area contributed by atoms with Gasteiger partial charge in [0.15, 0.2) is 0 Å². The molecule has 0 N–H and O–H groups in total. The molecule has 2 saturated heterocycles. The molecule has 2 aliphatic heterocycles. The van der Waals surface area contributed by atoms with Crippen molar-refractivity contribution in [2.45, 2.75) is 25.4 Å². The number of rotatable bonds is 5. The molecule has 6 nitrogen and oxygen atoms in total. The normalized spacial score (nSPS) is 17.5. The predicted molar refractivity (Wildman–Crippen MR) is 134 cm³/mol. The van der Waals surface area contributed by atoms with Crippen LogP contribution in [-0.4, -0.2) is 59.4 Å². The molecular weight excluding hydrogens is 487 g/mol. The standard InChI is InChI=1S/C26H28F3N5OS/c27-26(28,29)21-7-4-8-22(18-21)32-13-15-33(16-14-32)24(35)20-9-11-34(12-10-20)25-30-23(31-36-25)17-19-5-2-1-3-6-19/h1-8,18,20H,9-17H2. The van der Waals surface area contributed by atoms with Crippen molar-refractivity contribution in [2.24, 2.45) is 5.92 Å². The Labute approximate surface area is 212 Å². The third-order valence-corrected chi connectivity index (χ3v) is 7.72. The maximum Gasteiger partial charge on any atom is 0.416 e. The summed E-state index contributed by atoms with van der Waals surface area (Å²) in [5.74, 6) is 0.941. The first-order chi connectivity index (χ1) is 17.4. The zero-order valence-electron chi connectivity index (χ0n) is 19.8. The summed E-state index contributed by atoms with van der Waals surface area (Å²) < 4.78 is 43.7. The van der Waals surface area contributed by atoms with E-state index in [0.717, 1.165) is 43.0 Å². The van der Waals surface area contributed by atoms with Gasteiger partial charge in [-0.05, 0) is 36.6 Å². The van der Waals surface area contributed by atoms with Crippen LogP contribution in [0.1, 0.15) is 29.8 Å². The molecule has 2 aliphatic rings.